The number of carbonyl (C=O) groups excluding carboxylic acids is 1. The molecule has 4 nitrogen and oxygen atoms in total. The van der Waals surface area contributed by atoms with E-state index in [9.17, 15) is 4.79 Å². The van der Waals surface area contributed by atoms with Crippen LogP contribution in [0, 0.1) is 0 Å². The summed E-state index contributed by atoms with van der Waals surface area (Å²) in [5, 5.41) is 6.77. The Bertz CT molecular complexity index is 440. The van der Waals surface area contributed by atoms with Gasteiger partial charge in [0.25, 0.3) is 0 Å². The van der Waals surface area contributed by atoms with E-state index in [1.54, 1.807) is 24.3 Å². The molecule has 1 aliphatic heterocycles. The SMILES string of the molecule is CN1CCN(N=CC(=O)c2ccc(Cl)cc2)CC1.Cl. The van der Waals surface area contributed by atoms with Gasteiger partial charge in [-0.1, -0.05) is 11.6 Å². The molecule has 0 spiro atoms. The molecule has 19 heavy (non-hydrogen) atoms. The predicted molar refractivity (Wildman–Crippen MR) is 80.6 cm³/mol. The molecule has 1 aliphatic rings. The van der Waals surface area contributed by atoms with Gasteiger partial charge in [-0.05, 0) is 31.3 Å². The topological polar surface area (TPSA) is 35.9 Å². The van der Waals surface area contributed by atoms with Gasteiger partial charge < -0.3 is 4.90 Å². The molecule has 0 bridgehead atoms. The van der Waals surface area contributed by atoms with Crippen molar-refractivity contribution in [3.05, 3.63) is 34.9 Å². The fourth-order valence-corrected chi connectivity index (χ4v) is 1.86. The molecule has 0 aromatic heterocycles. The molecule has 1 aromatic carbocycles. The summed E-state index contributed by atoms with van der Waals surface area (Å²) in [5.74, 6) is -0.0920. The molecule has 0 saturated carbocycles. The zero-order valence-electron chi connectivity index (χ0n) is 10.8. The van der Waals surface area contributed by atoms with Gasteiger partial charge in [0.1, 0.15) is 0 Å². The normalized spacial score (nSPS) is 16.4. The Balaban J connectivity index is 0.00000180. The third-order valence-corrected chi connectivity index (χ3v) is 3.20. The van der Waals surface area contributed by atoms with Crippen molar-refractivity contribution in [1.29, 1.82) is 0 Å². The Morgan fingerprint density at radius 1 is 1.21 bits per heavy atom. The quantitative estimate of drug-likeness (QED) is 0.634. The highest BCUT2D eigenvalue weighted by atomic mass is 35.5. The van der Waals surface area contributed by atoms with Gasteiger partial charge in [0.2, 0.25) is 5.78 Å². The van der Waals surface area contributed by atoms with E-state index in [0.717, 1.165) is 26.2 Å². The van der Waals surface area contributed by atoms with E-state index in [-0.39, 0.29) is 18.2 Å². The van der Waals surface area contributed by atoms with Crippen molar-refractivity contribution in [2.75, 3.05) is 33.2 Å². The van der Waals surface area contributed by atoms with Crippen LogP contribution in [0.4, 0.5) is 0 Å². The zero-order chi connectivity index (χ0) is 13.0. The Kier molecular flexibility index (Phi) is 6.28. The molecule has 1 heterocycles. The number of rotatable bonds is 3. The highest BCUT2D eigenvalue weighted by molar-refractivity contribution is 6.35. The maximum Gasteiger partial charge on any atom is 0.205 e. The summed E-state index contributed by atoms with van der Waals surface area (Å²) >= 11 is 5.77. The molecule has 1 aromatic rings. The number of likely N-dealkylation sites (N-methyl/N-ethyl adjacent to an activating group) is 1. The van der Waals surface area contributed by atoms with Crippen LogP contribution in [-0.2, 0) is 0 Å². The molecule has 1 saturated heterocycles. The summed E-state index contributed by atoms with van der Waals surface area (Å²) in [6.45, 7) is 3.68. The summed E-state index contributed by atoms with van der Waals surface area (Å²) in [6, 6.07) is 6.83. The minimum atomic E-state index is -0.0920. The molecule has 0 N–H and O–H groups in total. The van der Waals surface area contributed by atoms with E-state index in [1.807, 2.05) is 5.01 Å². The summed E-state index contributed by atoms with van der Waals surface area (Å²) in [5.41, 5.74) is 0.609. The van der Waals surface area contributed by atoms with Crippen LogP contribution < -0.4 is 0 Å². The lowest BCUT2D eigenvalue weighted by Crippen LogP contribution is -2.41. The lowest BCUT2D eigenvalue weighted by molar-refractivity contribution is 0.106. The summed E-state index contributed by atoms with van der Waals surface area (Å²) in [6.07, 6.45) is 1.38. The van der Waals surface area contributed by atoms with E-state index >= 15 is 0 Å². The molecule has 0 atom stereocenters. The molecule has 2 rings (SSSR count). The van der Waals surface area contributed by atoms with Gasteiger partial charge in [-0.25, -0.2) is 0 Å². The van der Waals surface area contributed by atoms with Crippen LogP contribution in [0.15, 0.2) is 29.4 Å². The van der Waals surface area contributed by atoms with E-state index < -0.39 is 0 Å². The van der Waals surface area contributed by atoms with E-state index in [2.05, 4.69) is 17.0 Å². The molecule has 0 amide bonds. The lowest BCUT2D eigenvalue weighted by atomic mass is 10.1. The number of hydrogen-bond donors (Lipinski definition) is 0. The van der Waals surface area contributed by atoms with E-state index in [4.69, 9.17) is 11.6 Å². The number of nitrogens with zero attached hydrogens (tertiary/aromatic N) is 3. The maximum absolute atomic E-state index is 11.8. The third-order valence-electron chi connectivity index (χ3n) is 2.95. The van der Waals surface area contributed by atoms with Crippen LogP contribution in [0.5, 0.6) is 0 Å². The Morgan fingerprint density at radius 2 is 1.79 bits per heavy atom. The number of benzene rings is 1. The number of hydrazone groups is 1. The Morgan fingerprint density at radius 3 is 2.37 bits per heavy atom. The number of hydrogen-bond acceptors (Lipinski definition) is 4. The van der Waals surface area contributed by atoms with Crippen LogP contribution in [-0.4, -0.2) is 55.1 Å². The van der Waals surface area contributed by atoms with Crippen molar-refractivity contribution in [1.82, 2.24) is 9.91 Å². The van der Waals surface area contributed by atoms with Gasteiger partial charge in [0.05, 0.1) is 6.21 Å². The van der Waals surface area contributed by atoms with Gasteiger partial charge >= 0.3 is 0 Å². The second kappa shape index (κ2) is 7.48. The van der Waals surface area contributed by atoms with Crippen molar-refractivity contribution >= 4 is 36.0 Å². The maximum atomic E-state index is 11.8. The van der Waals surface area contributed by atoms with Crippen LogP contribution in [0.1, 0.15) is 10.4 Å². The van der Waals surface area contributed by atoms with Gasteiger partial charge in [-0.15, -0.1) is 12.4 Å². The highest BCUT2D eigenvalue weighted by Gasteiger charge is 2.11. The fourth-order valence-electron chi connectivity index (χ4n) is 1.73. The van der Waals surface area contributed by atoms with Gasteiger partial charge in [-0.3, -0.25) is 9.80 Å². The molecular weight excluding hydrogens is 285 g/mol. The molecule has 104 valence electrons. The average molecular weight is 302 g/mol. The minimum absolute atomic E-state index is 0. The first-order valence-electron chi connectivity index (χ1n) is 5.92. The van der Waals surface area contributed by atoms with Gasteiger partial charge in [0, 0.05) is 36.8 Å². The summed E-state index contributed by atoms with van der Waals surface area (Å²) in [7, 11) is 2.08. The monoisotopic (exact) mass is 301 g/mol. The van der Waals surface area contributed by atoms with E-state index in [0.29, 0.717) is 10.6 Å². The van der Waals surface area contributed by atoms with Gasteiger partial charge in [0.15, 0.2) is 0 Å². The highest BCUT2D eigenvalue weighted by Crippen LogP contribution is 2.09. The standard InChI is InChI=1S/C13H16ClN3O.ClH/c1-16-6-8-17(9-7-16)15-10-13(18)11-2-4-12(14)5-3-11;/h2-5,10H,6-9H2,1H3;1H. The second-order valence-corrected chi connectivity index (χ2v) is 4.81. The van der Waals surface area contributed by atoms with Crippen molar-refractivity contribution in [2.24, 2.45) is 5.10 Å². The van der Waals surface area contributed by atoms with Crippen molar-refractivity contribution in [3.63, 3.8) is 0 Å². The number of ketones is 1. The van der Waals surface area contributed by atoms with Crippen molar-refractivity contribution < 1.29 is 4.79 Å². The fraction of sp³-hybridized carbons (Fsp3) is 0.385. The van der Waals surface area contributed by atoms with Crippen molar-refractivity contribution in [2.45, 2.75) is 0 Å². The number of halogens is 2. The summed E-state index contributed by atoms with van der Waals surface area (Å²) in [4.78, 5) is 14.1. The first-order valence-corrected chi connectivity index (χ1v) is 6.30. The first-order chi connectivity index (χ1) is 8.65. The predicted octanol–water partition coefficient (Wildman–Crippen LogP) is 2.18. The van der Waals surface area contributed by atoms with Crippen molar-refractivity contribution in [3.8, 4) is 0 Å². The lowest BCUT2D eigenvalue weighted by Gasteiger charge is -2.30. The van der Waals surface area contributed by atoms with E-state index in [1.165, 1.54) is 6.21 Å². The molecule has 1 fully saturated rings. The molecule has 6 heteroatoms. The number of piperazine rings is 1. The molecule has 0 aliphatic carbocycles. The Labute approximate surface area is 124 Å². The van der Waals surface area contributed by atoms with Crippen LogP contribution in [0.3, 0.4) is 0 Å². The number of Topliss-reactive ketones (excluding diaryl/α,β-unsaturated/α-hetero) is 1. The second-order valence-electron chi connectivity index (χ2n) is 4.37. The average Bonchev–Trinajstić information content (AvgIpc) is 2.38. The third kappa shape index (κ3) is 4.82. The van der Waals surface area contributed by atoms with Gasteiger partial charge in [-0.2, -0.15) is 5.10 Å². The summed E-state index contributed by atoms with van der Waals surface area (Å²) < 4.78 is 0. The van der Waals surface area contributed by atoms with Crippen LogP contribution in [0.2, 0.25) is 5.02 Å². The largest absolute Gasteiger partial charge is 0.303 e. The molecular formula is C13H17Cl2N3O. The minimum Gasteiger partial charge on any atom is -0.303 e. The number of carbonyl (C=O) groups is 1. The first kappa shape index (κ1) is 16.0. The van der Waals surface area contributed by atoms with Crippen LogP contribution in [0.25, 0.3) is 0 Å². The smallest absolute Gasteiger partial charge is 0.205 e. The zero-order valence-corrected chi connectivity index (χ0v) is 12.3. The Hall–Kier alpha value is -1.10. The molecule has 0 radical (unpaired) electrons. The molecule has 0 unspecified atom stereocenters. The van der Waals surface area contributed by atoms with Crippen LogP contribution >= 0.6 is 24.0 Å².